The van der Waals surface area contributed by atoms with Crippen LogP contribution in [-0.4, -0.2) is 31.2 Å². The predicted octanol–water partition coefficient (Wildman–Crippen LogP) is 0.141. The summed E-state index contributed by atoms with van der Waals surface area (Å²) in [5, 5.41) is 2.71. The number of hydrogen-bond donors (Lipinski definition) is 2. The minimum absolute atomic E-state index is 0.192. The van der Waals surface area contributed by atoms with Crippen molar-refractivity contribution in [1.82, 2.24) is 10.3 Å². The van der Waals surface area contributed by atoms with Gasteiger partial charge in [0.05, 0.1) is 5.56 Å². The van der Waals surface area contributed by atoms with Gasteiger partial charge in [0.2, 0.25) is 5.56 Å². The third kappa shape index (κ3) is 3.95. The number of carbonyl (C=O) groups excluding carboxylic acids is 1. The lowest BCUT2D eigenvalue weighted by Gasteiger charge is -2.03. The Kier molecular flexibility index (Phi) is 4.56. The molecule has 0 saturated heterocycles. The van der Waals surface area contributed by atoms with Gasteiger partial charge in [-0.1, -0.05) is 0 Å². The van der Waals surface area contributed by atoms with E-state index in [0.29, 0.717) is 18.7 Å². The smallest absolute Gasteiger partial charge is 0.252 e. The number of rotatable bonds is 5. The molecule has 0 spiro atoms. The first kappa shape index (κ1) is 11.5. The molecule has 1 amide bonds. The van der Waals surface area contributed by atoms with Crippen molar-refractivity contribution in [1.29, 1.82) is 0 Å². The zero-order valence-corrected chi connectivity index (χ0v) is 8.58. The molecule has 0 radical (unpaired) electrons. The Hall–Kier alpha value is -1.62. The maximum Gasteiger partial charge on any atom is 0.252 e. The van der Waals surface area contributed by atoms with E-state index in [4.69, 9.17) is 4.74 Å². The lowest BCUT2D eigenvalue weighted by atomic mass is 10.2. The minimum atomic E-state index is -0.217. The van der Waals surface area contributed by atoms with Crippen molar-refractivity contribution in [3.05, 3.63) is 34.2 Å². The SMILES string of the molecule is COCCCNC(=O)c1ccc(=O)[nH]c1. The van der Waals surface area contributed by atoms with E-state index in [2.05, 4.69) is 10.3 Å². The van der Waals surface area contributed by atoms with Gasteiger partial charge in [-0.15, -0.1) is 0 Å². The number of ether oxygens (including phenoxy) is 1. The van der Waals surface area contributed by atoms with Crippen LogP contribution < -0.4 is 10.9 Å². The summed E-state index contributed by atoms with van der Waals surface area (Å²) >= 11 is 0. The molecule has 0 unspecified atom stereocenters. The molecule has 0 aromatic carbocycles. The van der Waals surface area contributed by atoms with E-state index in [9.17, 15) is 9.59 Å². The fourth-order valence-corrected chi connectivity index (χ4v) is 1.07. The number of H-pyrrole nitrogens is 1. The van der Waals surface area contributed by atoms with E-state index in [1.165, 1.54) is 18.3 Å². The maximum atomic E-state index is 11.4. The summed E-state index contributed by atoms with van der Waals surface area (Å²) in [7, 11) is 1.61. The molecular weight excluding hydrogens is 196 g/mol. The van der Waals surface area contributed by atoms with Gasteiger partial charge in [-0.05, 0) is 12.5 Å². The van der Waals surface area contributed by atoms with Crippen LogP contribution in [0.25, 0.3) is 0 Å². The lowest BCUT2D eigenvalue weighted by molar-refractivity contribution is 0.0948. The van der Waals surface area contributed by atoms with Crippen molar-refractivity contribution in [2.75, 3.05) is 20.3 Å². The molecule has 0 atom stereocenters. The highest BCUT2D eigenvalue weighted by atomic mass is 16.5. The number of pyridine rings is 1. The summed E-state index contributed by atoms with van der Waals surface area (Å²) in [5.41, 5.74) is 0.234. The average Bonchev–Trinajstić information content (AvgIpc) is 2.25. The number of aromatic amines is 1. The van der Waals surface area contributed by atoms with Crippen LogP contribution in [0.4, 0.5) is 0 Å². The number of aromatic nitrogens is 1. The van der Waals surface area contributed by atoms with Gasteiger partial charge in [-0.25, -0.2) is 0 Å². The van der Waals surface area contributed by atoms with Gasteiger partial charge < -0.3 is 15.0 Å². The van der Waals surface area contributed by atoms with Crippen molar-refractivity contribution in [3.63, 3.8) is 0 Å². The third-order valence-electron chi connectivity index (χ3n) is 1.86. The second kappa shape index (κ2) is 5.98. The van der Waals surface area contributed by atoms with Gasteiger partial charge >= 0.3 is 0 Å². The first-order valence-corrected chi connectivity index (χ1v) is 4.70. The van der Waals surface area contributed by atoms with Crippen LogP contribution in [0, 0.1) is 0 Å². The van der Waals surface area contributed by atoms with E-state index >= 15 is 0 Å². The maximum absolute atomic E-state index is 11.4. The lowest BCUT2D eigenvalue weighted by Crippen LogP contribution is -2.25. The highest BCUT2D eigenvalue weighted by Crippen LogP contribution is 1.92. The highest BCUT2D eigenvalue weighted by Gasteiger charge is 2.03. The molecule has 15 heavy (non-hydrogen) atoms. The van der Waals surface area contributed by atoms with E-state index < -0.39 is 0 Å². The molecule has 0 saturated carbocycles. The molecule has 0 aliphatic rings. The Balaban J connectivity index is 2.40. The summed E-state index contributed by atoms with van der Waals surface area (Å²) in [6, 6.07) is 2.81. The van der Waals surface area contributed by atoms with Crippen molar-refractivity contribution in [3.8, 4) is 0 Å². The largest absolute Gasteiger partial charge is 0.385 e. The first-order chi connectivity index (χ1) is 7.24. The first-order valence-electron chi connectivity index (χ1n) is 4.70. The van der Waals surface area contributed by atoms with Gasteiger partial charge in [0.1, 0.15) is 0 Å². The van der Waals surface area contributed by atoms with Crippen LogP contribution in [0.3, 0.4) is 0 Å². The molecule has 1 rings (SSSR count). The minimum Gasteiger partial charge on any atom is -0.385 e. The Morgan fingerprint density at radius 2 is 2.33 bits per heavy atom. The molecule has 1 heterocycles. The Morgan fingerprint density at radius 1 is 1.53 bits per heavy atom. The Morgan fingerprint density at radius 3 is 2.93 bits per heavy atom. The number of hydrogen-bond acceptors (Lipinski definition) is 3. The zero-order valence-electron chi connectivity index (χ0n) is 8.58. The number of carbonyl (C=O) groups is 1. The number of methoxy groups -OCH3 is 1. The predicted molar refractivity (Wildman–Crippen MR) is 55.9 cm³/mol. The molecule has 5 heteroatoms. The third-order valence-corrected chi connectivity index (χ3v) is 1.86. The van der Waals surface area contributed by atoms with Crippen molar-refractivity contribution >= 4 is 5.91 Å². The van der Waals surface area contributed by atoms with Crippen molar-refractivity contribution < 1.29 is 9.53 Å². The Bertz CT molecular complexity index is 353. The van der Waals surface area contributed by atoms with Crippen LogP contribution in [0.15, 0.2) is 23.1 Å². The highest BCUT2D eigenvalue weighted by molar-refractivity contribution is 5.93. The van der Waals surface area contributed by atoms with Crippen LogP contribution >= 0.6 is 0 Å². The topological polar surface area (TPSA) is 71.2 Å². The number of amides is 1. The van der Waals surface area contributed by atoms with Gasteiger partial charge in [-0.2, -0.15) is 0 Å². The van der Waals surface area contributed by atoms with E-state index in [0.717, 1.165) is 6.42 Å². The fraction of sp³-hybridized carbons (Fsp3) is 0.400. The second-order valence-electron chi connectivity index (χ2n) is 3.04. The molecule has 1 aromatic heterocycles. The normalized spacial score (nSPS) is 9.93. The van der Waals surface area contributed by atoms with Crippen LogP contribution in [0.2, 0.25) is 0 Å². The summed E-state index contributed by atoms with van der Waals surface area (Å²) in [5.74, 6) is -0.192. The van der Waals surface area contributed by atoms with Crippen LogP contribution in [-0.2, 0) is 4.74 Å². The molecule has 0 bridgehead atoms. The molecule has 0 aliphatic heterocycles. The summed E-state index contributed by atoms with van der Waals surface area (Å²) in [4.78, 5) is 24.6. The van der Waals surface area contributed by atoms with Gasteiger partial charge in [0.25, 0.3) is 5.91 Å². The molecule has 1 aromatic rings. The molecule has 0 aliphatic carbocycles. The zero-order chi connectivity index (χ0) is 11.1. The van der Waals surface area contributed by atoms with E-state index in [-0.39, 0.29) is 11.5 Å². The summed E-state index contributed by atoms with van der Waals surface area (Å²) in [6.07, 6.45) is 2.17. The molecule has 82 valence electrons. The standard InChI is InChI=1S/C10H14N2O3/c1-15-6-2-5-11-10(14)8-3-4-9(13)12-7-8/h3-4,7H,2,5-6H2,1H3,(H,11,14)(H,12,13). The van der Waals surface area contributed by atoms with Crippen molar-refractivity contribution in [2.24, 2.45) is 0 Å². The molecule has 5 nitrogen and oxygen atoms in total. The van der Waals surface area contributed by atoms with Crippen LogP contribution in [0.1, 0.15) is 16.8 Å². The fourth-order valence-electron chi connectivity index (χ4n) is 1.07. The van der Waals surface area contributed by atoms with Crippen molar-refractivity contribution in [2.45, 2.75) is 6.42 Å². The number of nitrogens with one attached hydrogen (secondary N) is 2. The quantitative estimate of drug-likeness (QED) is 0.679. The van der Waals surface area contributed by atoms with Gasteiger partial charge in [-0.3, -0.25) is 9.59 Å². The second-order valence-corrected chi connectivity index (χ2v) is 3.04. The van der Waals surface area contributed by atoms with Gasteiger partial charge in [0.15, 0.2) is 0 Å². The molecule has 2 N–H and O–H groups in total. The molecule has 0 fully saturated rings. The van der Waals surface area contributed by atoms with E-state index in [1.807, 2.05) is 0 Å². The van der Waals surface area contributed by atoms with E-state index in [1.54, 1.807) is 7.11 Å². The van der Waals surface area contributed by atoms with Gasteiger partial charge in [0, 0.05) is 32.5 Å². The Labute approximate surface area is 87.5 Å². The average molecular weight is 210 g/mol. The molecular formula is C10H14N2O3. The summed E-state index contributed by atoms with van der Waals surface area (Å²) < 4.78 is 4.85. The monoisotopic (exact) mass is 210 g/mol. The summed E-state index contributed by atoms with van der Waals surface area (Å²) in [6.45, 7) is 1.18. The van der Waals surface area contributed by atoms with Crippen LogP contribution in [0.5, 0.6) is 0 Å².